The second-order valence-electron chi connectivity index (χ2n) is 5.79. The van der Waals surface area contributed by atoms with Crippen LogP contribution in [0.3, 0.4) is 0 Å². The van der Waals surface area contributed by atoms with Gasteiger partial charge in [0, 0.05) is 32.6 Å². The van der Waals surface area contributed by atoms with Crippen LogP contribution in [-0.2, 0) is 14.8 Å². The number of carbonyl (C=O) groups excluding carboxylic acids is 1. The van der Waals surface area contributed by atoms with E-state index in [1.165, 1.54) is 10.4 Å². The molecule has 1 aliphatic heterocycles. The lowest BCUT2D eigenvalue weighted by Gasteiger charge is -2.22. The Balaban J connectivity index is 2.05. The summed E-state index contributed by atoms with van der Waals surface area (Å²) >= 11 is 6.90. The molecule has 5 nitrogen and oxygen atoms in total. The zero-order valence-electron chi connectivity index (χ0n) is 12.8. The van der Waals surface area contributed by atoms with Crippen molar-refractivity contribution in [1.82, 2.24) is 9.21 Å². The van der Waals surface area contributed by atoms with Gasteiger partial charge in [0.1, 0.15) is 4.21 Å². The summed E-state index contributed by atoms with van der Waals surface area (Å²) < 4.78 is 27.3. The van der Waals surface area contributed by atoms with Crippen molar-refractivity contribution in [2.45, 2.75) is 30.9 Å². The Morgan fingerprint density at radius 2 is 2.00 bits per heavy atom. The molecule has 22 heavy (non-hydrogen) atoms. The van der Waals surface area contributed by atoms with Gasteiger partial charge in [-0.05, 0) is 24.5 Å². The Hall–Kier alpha value is -0.630. The summed E-state index contributed by atoms with van der Waals surface area (Å²) in [6.45, 7) is 5.84. The number of sulfonamides is 1. The van der Waals surface area contributed by atoms with Crippen LogP contribution in [-0.4, -0.2) is 49.7 Å². The number of amides is 1. The standard InChI is InChI=1S/C14H21ClN2O3S2/c1-11(2)10-13(18)16-6-3-7-17(9-8-16)22(19,20)14-5-4-12(15)21-14/h4-5,11H,3,6-10H2,1-2H3. The smallest absolute Gasteiger partial charge is 0.252 e. The van der Waals surface area contributed by atoms with Gasteiger partial charge in [-0.3, -0.25) is 4.79 Å². The minimum atomic E-state index is -3.51. The van der Waals surface area contributed by atoms with Crippen LogP contribution in [0, 0.1) is 5.92 Å². The van der Waals surface area contributed by atoms with Crippen molar-refractivity contribution < 1.29 is 13.2 Å². The first kappa shape index (κ1) is 17.7. The van der Waals surface area contributed by atoms with Crippen LogP contribution >= 0.6 is 22.9 Å². The normalized spacial score (nSPS) is 17.7. The molecule has 0 spiro atoms. The van der Waals surface area contributed by atoms with Crippen LogP contribution in [0.4, 0.5) is 0 Å². The summed E-state index contributed by atoms with van der Waals surface area (Å²) in [6, 6.07) is 3.13. The van der Waals surface area contributed by atoms with Gasteiger partial charge < -0.3 is 4.90 Å². The summed E-state index contributed by atoms with van der Waals surface area (Å²) in [5.41, 5.74) is 0. The zero-order chi connectivity index (χ0) is 16.3. The van der Waals surface area contributed by atoms with Crippen molar-refractivity contribution in [1.29, 1.82) is 0 Å². The number of thiophene rings is 1. The van der Waals surface area contributed by atoms with Crippen LogP contribution < -0.4 is 0 Å². The number of rotatable bonds is 4. The van der Waals surface area contributed by atoms with Crippen molar-refractivity contribution in [2.24, 2.45) is 5.92 Å². The molecule has 2 rings (SSSR count). The molecule has 1 aliphatic rings. The van der Waals surface area contributed by atoms with E-state index in [2.05, 4.69) is 0 Å². The maximum absolute atomic E-state index is 12.6. The van der Waals surface area contributed by atoms with E-state index in [-0.39, 0.29) is 10.1 Å². The fourth-order valence-electron chi connectivity index (χ4n) is 2.43. The highest BCUT2D eigenvalue weighted by Crippen LogP contribution is 2.28. The van der Waals surface area contributed by atoms with Gasteiger partial charge in [-0.1, -0.05) is 25.4 Å². The van der Waals surface area contributed by atoms with Crippen LogP contribution in [0.5, 0.6) is 0 Å². The molecule has 0 aliphatic carbocycles. The SMILES string of the molecule is CC(C)CC(=O)N1CCCN(S(=O)(=O)c2ccc(Cl)s2)CC1. The van der Waals surface area contributed by atoms with Gasteiger partial charge in [0.15, 0.2) is 0 Å². The number of carbonyl (C=O) groups is 1. The number of halogens is 1. The lowest BCUT2D eigenvalue weighted by atomic mass is 10.1. The minimum absolute atomic E-state index is 0.105. The maximum Gasteiger partial charge on any atom is 0.252 e. The van der Waals surface area contributed by atoms with E-state index in [0.717, 1.165) is 11.3 Å². The summed E-state index contributed by atoms with van der Waals surface area (Å²) in [6.07, 6.45) is 1.16. The highest BCUT2D eigenvalue weighted by Gasteiger charge is 2.29. The van der Waals surface area contributed by atoms with Gasteiger partial charge >= 0.3 is 0 Å². The monoisotopic (exact) mass is 364 g/mol. The topological polar surface area (TPSA) is 57.7 Å². The second kappa shape index (κ2) is 7.29. The Morgan fingerprint density at radius 1 is 1.27 bits per heavy atom. The van der Waals surface area contributed by atoms with E-state index in [4.69, 9.17) is 11.6 Å². The zero-order valence-corrected chi connectivity index (χ0v) is 15.2. The summed E-state index contributed by atoms with van der Waals surface area (Å²) in [5, 5.41) is 0. The minimum Gasteiger partial charge on any atom is -0.341 e. The summed E-state index contributed by atoms with van der Waals surface area (Å²) in [5.74, 6) is 0.414. The number of hydrogen-bond acceptors (Lipinski definition) is 4. The summed E-state index contributed by atoms with van der Waals surface area (Å²) in [7, 11) is -3.51. The van der Waals surface area contributed by atoms with Crippen molar-refractivity contribution in [3.63, 3.8) is 0 Å². The molecule has 1 aromatic rings. The Bertz CT molecular complexity index is 628. The Kier molecular flexibility index (Phi) is 5.87. The van der Waals surface area contributed by atoms with Gasteiger partial charge in [-0.25, -0.2) is 8.42 Å². The highest BCUT2D eigenvalue weighted by molar-refractivity contribution is 7.91. The third-order valence-electron chi connectivity index (χ3n) is 3.53. The molecule has 0 atom stereocenters. The molecule has 2 heterocycles. The fourth-order valence-corrected chi connectivity index (χ4v) is 5.53. The quantitative estimate of drug-likeness (QED) is 0.825. The van der Waals surface area contributed by atoms with E-state index in [1.54, 1.807) is 11.0 Å². The van der Waals surface area contributed by atoms with Crippen molar-refractivity contribution in [2.75, 3.05) is 26.2 Å². The fraction of sp³-hybridized carbons (Fsp3) is 0.643. The number of hydrogen-bond donors (Lipinski definition) is 0. The average Bonchev–Trinajstić information content (AvgIpc) is 2.73. The third kappa shape index (κ3) is 4.22. The van der Waals surface area contributed by atoms with Gasteiger partial charge in [-0.15, -0.1) is 11.3 Å². The van der Waals surface area contributed by atoms with E-state index < -0.39 is 10.0 Å². The highest BCUT2D eigenvalue weighted by atomic mass is 35.5. The predicted molar refractivity (Wildman–Crippen MR) is 88.7 cm³/mol. The average molecular weight is 365 g/mol. The molecule has 0 unspecified atom stereocenters. The Labute approximate surface area is 140 Å². The predicted octanol–water partition coefficient (Wildman–Crippen LogP) is 2.67. The molecule has 0 bridgehead atoms. The van der Waals surface area contributed by atoms with E-state index in [9.17, 15) is 13.2 Å². The van der Waals surface area contributed by atoms with E-state index >= 15 is 0 Å². The molecule has 124 valence electrons. The third-order valence-corrected chi connectivity index (χ3v) is 7.13. The number of nitrogens with zero attached hydrogens (tertiary/aromatic N) is 2. The van der Waals surface area contributed by atoms with Gasteiger partial charge in [-0.2, -0.15) is 4.31 Å². The molecular formula is C14H21ClN2O3S2. The molecule has 1 fully saturated rings. The molecule has 1 saturated heterocycles. The van der Waals surface area contributed by atoms with Crippen LogP contribution in [0.15, 0.2) is 16.3 Å². The molecule has 0 N–H and O–H groups in total. The van der Waals surface area contributed by atoms with E-state index in [1.807, 2.05) is 13.8 Å². The molecule has 8 heteroatoms. The molecule has 0 aromatic carbocycles. The Morgan fingerprint density at radius 3 is 2.59 bits per heavy atom. The second-order valence-corrected chi connectivity index (χ2v) is 9.67. The van der Waals surface area contributed by atoms with Crippen molar-refractivity contribution >= 4 is 38.9 Å². The molecular weight excluding hydrogens is 344 g/mol. The molecule has 1 aromatic heterocycles. The molecule has 1 amide bonds. The first-order chi connectivity index (χ1) is 10.3. The van der Waals surface area contributed by atoms with Crippen LogP contribution in [0.2, 0.25) is 4.34 Å². The van der Waals surface area contributed by atoms with Crippen molar-refractivity contribution in [3.8, 4) is 0 Å². The van der Waals surface area contributed by atoms with Crippen LogP contribution in [0.1, 0.15) is 26.7 Å². The first-order valence-corrected chi connectivity index (χ1v) is 9.97. The largest absolute Gasteiger partial charge is 0.341 e. The first-order valence-electron chi connectivity index (χ1n) is 7.34. The lowest BCUT2D eigenvalue weighted by Crippen LogP contribution is -2.37. The van der Waals surface area contributed by atoms with Gasteiger partial charge in [0.25, 0.3) is 10.0 Å². The van der Waals surface area contributed by atoms with Crippen LogP contribution in [0.25, 0.3) is 0 Å². The lowest BCUT2D eigenvalue weighted by molar-refractivity contribution is -0.131. The van der Waals surface area contributed by atoms with E-state index in [0.29, 0.717) is 49.3 Å². The van der Waals surface area contributed by atoms with Gasteiger partial charge in [0.2, 0.25) is 5.91 Å². The van der Waals surface area contributed by atoms with Crippen molar-refractivity contribution in [3.05, 3.63) is 16.5 Å². The van der Waals surface area contributed by atoms with Gasteiger partial charge in [0.05, 0.1) is 4.34 Å². The molecule has 0 saturated carbocycles. The summed E-state index contributed by atoms with van der Waals surface area (Å²) in [4.78, 5) is 13.9. The maximum atomic E-state index is 12.6. The molecule has 0 radical (unpaired) electrons.